The molecule has 49 heavy (non-hydrogen) atoms. The third-order valence-electron chi connectivity index (χ3n) is 8.71. The molecule has 0 aromatic heterocycles. The lowest BCUT2D eigenvalue weighted by molar-refractivity contribution is -0.140. The molecule has 2 aliphatic rings. The summed E-state index contributed by atoms with van der Waals surface area (Å²) >= 11 is 6.33. The summed E-state index contributed by atoms with van der Waals surface area (Å²) in [6.07, 6.45) is 3.89. The molecule has 1 N–H and O–H groups in total. The maximum Gasteiger partial charge on any atom is 0.264 e. The van der Waals surface area contributed by atoms with E-state index in [9.17, 15) is 22.4 Å². The monoisotopic (exact) mass is 705 g/mol. The molecule has 9 nitrogen and oxygen atoms in total. The molecule has 1 fully saturated rings. The van der Waals surface area contributed by atoms with E-state index in [-0.39, 0.29) is 47.9 Å². The Morgan fingerprint density at radius 2 is 1.55 bits per heavy atom. The second-order valence-electron chi connectivity index (χ2n) is 12.1. The Hall–Kier alpha value is -4.61. The summed E-state index contributed by atoms with van der Waals surface area (Å²) in [5.74, 6) is -0.867. The maximum atomic E-state index is 14.7. The van der Waals surface area contributed by atoms with E-state index in [0.717, 1.165) is 47.7 Å². The summed E-state index contributed by atoms with van der Waals surface area (Å²) < 4.78 is 54.9. The van der Waals surface area contributed by atoms with Gasteiger partial charge in [0.25, 0.3) is 10.0 Å². The number of rotatable bonds is 12. The van der Waals surface area contributed by atoms with Gasteiger partial charge >= 0.3 is 0 Å². The fourth-order valence-electron chi connectivity index (χ4n) is 6.20. The van der Waals surface area contributed by atoms with E-state index in [2.05, 4.69) is 5.32 Å². The number of hydrogen-bond donors (Lipinski definition) is 1. The Bertz CT molecular complexity index is 1890. The highest BCUT2D eigenvalue weighted by Gasteiger charge is 2.36. The zero-order chi connectivity index (χ0) is 34.4. The number of benzene rings is 4. The van der Waals surface area contributed by atoms with Crippen molar-refractivity contribution in [2.24, 2.45) is 0 Å². The number of nitrogens with one attached hydrogen (secondary N) is 1. The molecule has 1 saturated carbocycles. The van der Waals surface area contributed by atoms with E-state index in [0.29, 0.717) is 22.9 Å². The van der Waals surface area contributed by atoms with E-state index in [4.69, 9.17) is 21.1 Å². The second-order valence-corrected chi connectivity index (χ2v) is 14.4. The van der Waals surface area contributed by atoms with Gasteiger partial charge in [-0.15, -0.1) is 0 Å². The summed E-state index contributed by atoms with van der Waals surface area (Å²) in [5.41, 5.74) is 1.57. The van der Waals surface area contributed by atoms with Crippen molar-refractivity contribution in [3.05, 3.63) is 119 Å². The molecule has 1 aliphatic heterocycles. The molecule has 1 heterocycles. The average Bonchev–Trinajstić information content (AvgIpc) is 3.62. The quantitative estimate of drug-likeness (QED) is 0.190. The van der Waals surface area contributed by atoms with Crippen LogP contribution in [0.25, 0.3) is 0 Å². The molecule has 0 spiro atoms. The molecule has 0 bridgehead atoms. The zero-order valence-corrected chi connectivity index (χ0v) is 28.3. The number of amides is 2. The van der Waals surface area contributed by atoms with Crippen molar-refractivity contribution < 1.29 is 31.9 Å². The van der Waals surface area contributed by atoms with Crippen LogP contribution in [0.4, 0.5) is 10.1 Å². The summed E-state index contributed by atoms with van der Waals surface area (Å²) in [6.45, 7) is -0.113. The third kappa shape index (κ3) is 8.34. The first kappa shape index (κ1) is 34.3. The minimum Gasteiger partial charge on any atom is -0.486 e. The fourth-order valence-corrected chi connectivity index (χ4v) is 7.84. The molecular weight excluding hydrogens is 669 g/mol. The van der Waals surface area contributed by atoms with Crippen LogP contribution in [-0.4, -0.2) is 57.0 Å². The van der Waals surface area contributed by atoms with Crippen molar-refractivity contribution in [1.82, 2.24) is 10.2 Å². The van der Waals surface area contributed by atoms with Gasteiger partial charge in [0, 0.05) is 30.1 Å². The smallest absolute Gasteiger partial charge is 0.264 e. The van der Waals surface area contributed by atoms with Crippen LogP contribution < -0.4 is 19.1 Å². The molecule has 6 rings (SSSR count). The normalized spacial score (nSPS) is 15.0. The van der Waals surface area contributed by atoms with Crippen LogP contribution in [0.5, 0.6) is 11.5 Å². The van der Waals surface area contributed by atoms with Crippen LogP contribution in [0, 0.1) is 5.82 Å². The number of ether oxygens (including phenoxy) is 2. The summed E-state index contributed by atoms with van der Waals surface area (Å²) in [5, 5.41) is 3.60. The Morgan fingerprint density at radius 1 is 0.857 bits per heavy atom. The number of hydrogen-bond acceptors (Lipinski definition) is 6. The molecule has 0 saturated heterocycles. The molecule has 4 aromatic carbocycles. The first-order valence-corrected chi connectivity index (χ1v) is 18.1. The van der Waals surface area contributed by atoms with Crippen molar-refractivity contribution in [3.8, 4) is 11.5 Å². The van der Waals surface area contributed by atoms with Crippen LogP contribution in [-0.2, 0) is 32.6 Å². The van der Waals surface area contributed by atoms with Gasteiger partial charge in [-0.25, -0.2) is 12.8 Å². The topological polar surface area (TPSA) is 105 Å². The standard InChI is InChI=1S/C37H37ClFN3O6S/c38-28-10-6-9-27(21-28)24-41(33(22-26-7-2-1-3-8-26)37(44)40-30-11-4-5-12-30)36(43)25-42(31-15-13-29(39)14-16-31)49(45,46)32-17-18-34-35(23-32)48-20-19-47-34/h1-3,6-10,13-18,21,23,30,33H,4-5,11-12,19-20,22,24-25H2,(H,40,44)/t33-/m0/s1. The number of halogens is 2. The molecule has 0 radical (unpaired) electrons. The number of nitrogens with zero attached hydrogens (tertiary/aromatic N) is 2. The first-order chi connectivity index (χ1) is 23.7. The predicted molar refractivity (Wildman–Crippen MR) is 185 cm³/mol. The fraction of sp³-hybridized carbons (Fsp3) is 0.297. The Labute approximate surface area is 290 Å². The van der Waals surface area contributed by atoms with Crippen molar-refractivity contribution in [2.75, 3.05) is 24.1 Å². The van der Waals surface area contributed by atoms with Crippen LogP contribution >= 0.6 is 11.6 Å². The Balaban J connectivity index is 1.40. The minimum absolute atomic E-state index is 0.0137. The highest BCUT2D eigenvalue weighted by atomic mass is 35.5. The number of sulfonamides is 1. The second kappa shape index (κ2) is 15.3. The van der Waals surface area contributed by atoms with Crippen molar-refractivity contribution in [3.63, 3.8) is 0 Å². The number of carbonyl (C=O) groups excluding carboxylic acids is 2. The highest BCUT2D eigenvalue weighted by Crippen LogP contribution is 2.34. The van der Waals surface area contributed by atoms with E-state index in [1.165, 1.54) is 35.2 Å². The summed E-state index contributed by atoms with van der Waals surface area (Å²) in [7, 11) is -4.43. The summed E-state index contributed by atoms with van der Waals surface area (Å²) in [6, 6.07) is 24.4. The van der Waals surface area contributed by atoms with Gasteiger partial charge in [-0.3, -0.25) is 13.9 Å². The number of fused-ring (bicyclic) bond motifs is 1. The van der Waals surface area contributed by atoms with Crippen LogP contribution in [0.3, 0.4) is 0 Å². The van der Waals surface area contributed by atoms with Gasteiger partial charge in [0.05, 0.1) is 10.6 Å². The van der Waals surface area contributed by atoms with Crippen molar-refractivity contribution in [2.45, 2.75) is 55.6 Å². The Kier molecular flexibility index (Phi) is 10.7. The molecule has 4 aromatic rings. The molecule has 256 valence electrons. The third-order valence-corrected chi connectivity index (χ3v) is 10.7. The van der Waals surface area contributed by atoms with Gasteiger partial charge in [-0.2, -0.15) is 0 Å². The predicted octanol–water partition coefficient (Wildman–Crippen LogP) is 6.14. The molecule has 12 heteroatoms. The Morgan fingerprint density at radius 3 is 2.27 bits per heavy atom. The molecule has 1 atom stereocenters. The van der Waals surface area contributed by atoms with Crippen LogP contribution in [0.15, 0.2) is 102 Å². The lowest BCUT2D eigenvalue weighted by Crippen LogP contribution is -2.54. The van der Waals surface area contributed by atoms with Gasteiger partial charge in [0.15, 0.2) is 11.5 Å². The SMILES string of the molecule is O=C(NC1CCCC1)[C@H](Cc1ccccc1)N(Cc1cccc(Cl)c1)C(=O)CN(c1ccc(F)cc1)S(=O)(=O)c1ccc2c(c1)OCCO2. The van der Waals surface area contributed by atoms with Gasteiger partial charge in [0.1, 0.15) is 31.6 Å². The van der Waals surface area contributed by atoms with E-state index in [1.807, 2.05) is 30.3 Å². The maximum absolute atomic E-state index is 14.7. The van der Waals surface area contributed by atoms with Gasteiger partial charge < -0.3 is 19.7 Å². The van der Waals surface area contributed by atoms with Crippen molar-refractivity contribution >= 4 is 39.1 Å². The lowest BCUT2D eigenvalue weighted by atomic mass is 10.0. The van der Waals surface area contributed by atoms with Gasteiger partial charge in [-0.1, -0.05) is 66.9 Å². The summed E-state index contributed by atoms with van der Waals surface area (Å²) in [4.78, 5) is 30.1. The number of anilines is 1. The minimum atomic E-state index is -4.43. The largest absolute Gasteiger partial charge is 0.486 e. The molecule has 1 aliphatic carbocycles. The van der Waals surface area contributed by atoms with Crippen molar-refractivity contribution in [1.29, 1.82) is 0 Å². The van der Waals surface area contributed by atoms with Crippen LogP contribution in [0.2, 0.25) is 5.02 Å². The molecular formula is C37H37ClFN3O6S. The van der Waals surface area contributed by atoms with E-state index >= 15 is 0 Å². The average molecular weight is 706 g/mol. The lowest BCUT2D eigenvalue weighted by Gasteiger charge is -2.34. The number of carbonyl (C=O) groups is 2. The van der Waals surface area contributed by atoms with Gasteiger partial charge in [0.2, 0.25) is 11.8 Å². The highest BCUT2D eigenvalue weighted by molar-refractivity contribution is 7.92. The zero-order valence-electron chi connectivity index (χ0n) is 26.8. The van der Waals surface area contributed by atoms with Gasteiger partial charge in [-0.05, 0) is 72.5 Å². The molecule has 2 amide bonds. The van der Waals surface area contributed by atoms with E-state index in [1.54, 1.807) is 24.3 Å². The molecule has 0 unspecified atom stereocenters. The van der Waals surface area contributed by atoms with Crippen LogP contribution in [0.1, 0.15) is 36.8 Å². The van der Waals surface area contributed by atoms with E-state index < -0.39 is 34.3 Å². The first-order valence-electron chi connectivity index (χ1n) is 16.2.